The summed E-state index contributed by atoms with van der Waals surface area (Å²) in [6.07, 6.45) is 5.49. The van der Waals surface area contributed by atoms with Gasteiger partial charge in [-0.25, -0.2) is 0 Å². The third kappa shape index (κ3) is 12.5. The number of hydrogen-bond acceptors (Lipinski definition) is 0. The first-order chi connectivity index (χ1) is 28.3. The van der Waals surface area contributed by atoms with Crippen LogP contribution >= 0.6 is 15.8 Å². The van der Waals surface area contributed by atoms with Crippen LogP contribution in [0.2, 0.25) is 0 Å². The second kappa shape index (κ2) is 25.0. The average Bonchev–Trinajstić information content (AvgIpc) is 4.14. The minimum Gasteiger partial charge on any atom is -0.485 e. The predicted octanol–water partition coefficient (Wildman–Crippen LogP) is 10.2. The standard InChI is InChI=1S/2C18H15P.C15H11.2CO.Os/c2*1-4-10-16(11-5-1)19(17-12-6-2-7-13-17)18-14-8-3-9-15-18;1-3-7-13(8-4-1)15(11-12-15)14-9-5-2-6-10-14;2*1-2;/h2*1-15H;1-11H;;;/q;;-1;;;+1. The van der Waals surface area contributed by atoms with Gasteiger partial charge < -0.3 is 6.08 Å². The first-order valence-corrected chi connectivity index (χ1v) is 21.0. The van der Waals surface area contributed by atoms with E-state index >= 15 is 0 Å². The Labute approximate surface area is 359 Å². The van der Waals surface area contributed by atoms with Crippen LogP contribution in [0.3, 0.4) is 0 Å². The van der Waals surface area contributed by atoms with E-state index in [0.717, 1.165) is 0 Å². The summed E-state index contributed by atoms with van der Waals surface area (Å²) in [5.41, 5.74) is 2.56. The minimum absolute atomic E-state index is 0. The normalized spacial score (nSPS) is 11.2. The monoisotopic (exact) mass is 963 g/mol. The zero-order valence-electron chi connectivity index (χ0n) is 31.7. The van der Waals surface area contributed by atoms with Gasteiger partial charge in [-0.1, -0.05) is 254 Å². The largest absolute Gasteiger partial charge is 1.00 e. The molecule has 58 heavy (non-hydrogen) atoms. The molecule has 0 aromatic heterocycles. The number of allylic oxidation sites excluding steroid dienone is 2. The van der Waals surface area contributed by atoms with E-state index in [9.17, 15) is 0 Å². The molecule has 0 spiro atoms. The van der Waals surface area contributed by atoms with Gasteiger partial charge in [0.1, 0.15) is 0 Å². The van der Waals surface area contributed by atoms with Crippen LogP contribution in [0.1, 0.15) is 11.1 Å². The molecule has 9 rings (SSSR count). The van der Waals surface area contributed by atoms with Gasteiger partial charge in [0, 0.05) is 0 Å². The maximum Gasteiger partial charge on any atom is 1.00 e. The second-order valence-electron chi connectivity index (χ2n) is 12.5. The Bertz CT molecular complexity index is 2000. The van der Waals surface area contributed by atoms with Crippen molar-refractivity contribution in [2.24, 2.45) is 0 Å². The van der Waals surface area contributed by atoms with Crippen molar-refractivity contribution in [3.8, 4) is 0 Å². The smallest absolute Gasteiger partial charge is 0.485 e. The van der Waals surface area contributed by atoms with Crippen molar-refractivity contribution in [1.29, 1.82) is 0 Å². The van der Waals surface area contributed by atoms with E-state index in [-0.39, 0.29) is 25.2 Å². The van der Waals surface area contributed by atoms with E-state index in [4.69, 9.17) is 9.30 Å². The maximum absolute atomic E-state index is 7.50. The molecule has 1 radical (unpaired) electrons. The van der Waals surface area contributed by atoms with Gasteiger partial charge in [-0.3, -0.25) is 6.08 Å². The number of benzene rings is 8. The van der Waals surface area contributed by atoms with Crippen LogP contribution in [-0.2, 0) is 34.5 Å². The number of rotatable bonds is 8. The first kappa shape index (κ1) is 45.2. The summed E-state index contributed by atoms with van der Waals surface area (Å²) < 4.78 is 15.0. The van der Waals surface area contributed by atoms with Crippen molar-refractivity contribution in [2.45, 2.75) is 5.41 Å². The molecule has 0 atom stereocenters. The summed E-state index contributed by atoms with van der Waals surface area (Å²) in [7, 11) is -0.892. The molecule has 0 saturated carbocycles. The zero-order valence-corrected chi connectivity index (χ0v) is 36.1. The Hall–Kier alpha value is -5.52. The molecule has 2 nitrogen and oxygen atoms in total. The van der Waals surface area contributed by atoms with E-state index in [0.29, 0.717) is 0 Å². The third-order valence-corrected chi connectivity index (χ3v) is 13.9. The molecule has 8 aromatic rings. The molecule has 5 heteroatoms. The van der Waals surface area contributed by atoms with Gasteiger partial charge >= 0.3 is 42.4 Å². The van der Waals surface area contributed by atoms with Crippen LogP contribution in [0, 0.1) is 19.4 Å². The SMILES string of the molecule is [C-]#[O+].[C-]#[O+].[C-]1=CC1(c1ccccc1)c1ccccc1.[Os+].c1ccc(P(c2ccccc2)c2ccccc2)cc1.c1ccc(P(c2ccccc2)c2ccccc2)cc1. The van der Waals surface area contributed by atoms with Crippen molar-refractivity contribution >= 4 is 47.7 Å². The molecule has 0 fully saturated rings. The van der Waals surface area contributed by atoms with Crippen LogP contribution < -0.4 is 31.8 Å². The molecule has 0 bridgehead atoms. The molecule has 8 aromatic carbocycles. The van der Waals surface area contributed by atoms with Gasteiger partial charge in [0.2, 0.25) is 0 Å². The second-order valence-corrected chi connectivity index (χ2v) is 17.0. The van der Waals surface area contributed by atoms with Gasteiger partial charge in [-0.15, -0.1) is 5.41 Å². The molecular weight excluding hydrogens is 921 g/mol. The predicted molar refractivity (Wildman–Crippen MR) is 240 cm³/mol. The Morgan fingerprint density at radius 3 is 0.603 bits per heavy atom. The molecule has 283 valence electrons. The summed E-state index contributed by atoms with van der Waals surface area (Å²) in [5, 5.41) is 8.39. The Kier molecular flexibility index (Phi) is 19.5. The van der Waals surface area contributed by atoms with Crippen LogP contribution in [0.25, 0.3) is 0 Å². The molecule has 0 unspecified atom stereocenters. The van der Waals surface area contributed by atoms with Crippen LogP contribution in [0.4, 0.5) is 0 Å². The van der Waals surface area contributed by atoms with Crippen LogP contribution in [-0.4, -0.2) is 0 Å². The van der Waals surface area contributed by atoms with Gasteiger partial charge in [-0.2, -0.15) is 0 Å². The van der Waals surface area contributed by atoms with E-state index in [2.05, 4.69) is 256 Å². The summed E-state index contributed by atoms with van der Waals surface area (Å²) in [6.45, 7) is 9.00. The Morgan fingerprint density at radius 2 is 0.448 bits per heavy atom. The summed E-state index contributed by atoms with van der Waals surface area (Å²) >= 11 is 0. The van der Waals surface area contributed by atoms with Crippen molar-refractivity contribution < 1.29 is 29.1 Å². The van der Waals surface area contributed by atoms with E-state index in [1.165, 1.54) is 43.0 Å². The summed E-state index contributed by atoms with van der Waals surface area (Å²) in [4.78, 5) is 0. The first-order valence-electron chi connectivity index (χ1n) is 18.4. The average molecular weight is 962 g/mol. The van der Waals surface area contributed by atoms with Crippen molar-refractivity contribution in [3.63, 3.8) is 0 Å². The fourth-order valence-electron chi connectivity index (χ4n) is 6.33. The third-order valence-electron chi connectivity index (χ3n) is 8.98. The molecule has 0 N–H and O–H groups in total. The molecule has 1 aliphatic rings. The van der Waals surface area contributed by atoms with Gasteiger partial charge in [0.25, 0.3) is 0 Å². The van der Waals surface area contributed by atoms with Gasteiger partial charge in [0.05, 0.1) is 0 Å². The Morgan fingerprint density at radius 1 is 0.293 bits per heavy atom. The van der Waals surface area contributed by atoms with Crippen molar-refractivity contribution in [2.75, 3.05) is 0 Å². The fourth-order valence-corrected chi connectivity index (χ4v) is 10.9. The van der Waals surface area contributed by atoms with Gasteiger partial charge in [0.15, 0.2) is 0 Å². The molecule has 0 aliphatic heterocycles. The molecule has 0 heterocycles. The molecule has 1 aliphatic carbocycles. The Balaban J connectivity index is 0.000000184. The van der Waals surface area contributed by atoms with Crippen molar-refractivity contribution in [3.05, 3.63) is 279 Å². The van der Waals surface area contributed by atoms with E-state index in [1.54, 1.807) is 0 Å². The maximum atomic E-state index is 7.50. The summed E-state index contributed by atoms with van der Waals surface area (Å²) in [5.74, 6) is 0. The van der Waals surface area contributed by atoms with E-state index in [1.807, 2.05) is 12.1 Å². The molecular formula is C53H41O2OsP2. The zero-order chi connectivity index (χ0) is 40.0. The topological polar surface area (TPSA) is 39.8 Å². The quantitative estimate of drug-likeness (QED) is 0.0828. The molecule has 0 amide bonds. The minimum atomic E-state index is -0.446. The van der Waals surface area contributed by atoms with Crippen molar-refractivity contribution in [1.82, 2.24) is 0 Å². The summed E-state index contributed by atoms with van der Waals surface area (Å²) in [6, 6.07) is 85.7. The number of hydrogen-bond donors (Lipinski definition) is 0. The van der Waals surface area contributed by atoms with Gasteiger partial charge in [-0.05, 0) is 47.7 Å². The molecule has 0 saturated heterocycles. The fraction of sp³-hybridized carbons (Fsp3) is 0.0189. The van der Waals surface area contributed by atoms with Crippen LogP contribution in [0.15, 0.2) is 249 Å². The van der Waals surface area contributed by atoms with E-state index < -0.39 is 15.8 Å². The van der Waals surface area contributed by atoms with Crippen LogP contribution in [0.5, 0.6) is 0 Å².